The van der Waals surface area contributed by atoms with Crippen molar-refractivity contribution in [2.45, 2.75) is 18.4 Å². The summed E-state index contributed by atoms with van der Waals surface area (Å²) in [4.78, 5) is 4.52. The van der Waals surface area contributed by atoms with Gasteiger partial charge in [-0.25, -0.2) is 13.4 Å². The van der Waals surface area contributed by atoms with E-state index >= 15 is 0 Å². The molecule has 7 nitrogen and oxygen atoms in total. The molecule has 0 amide bonds. The maximum atomic E-state index is 13.1. The van der Waals surface area contributed by atoms with Crippen LogP contribution in [0.2, 0.25) is 0 Å². The van der Waals surface area contributed by atoms with Gasteiger partial charge in [-0.05, 0) is 24.3 Å². The molecule has 4 rings (SSSR count). The van der Waals surface area contributed by atoms with Gasteiger partial charge in [0.05, 0.1) is 23.3 Å². The van der Waals surface area contributed by atoms with Gasteiger partial charge in [-0.3, -0.25) is 0 Å². The number of benzene rings is 1. The first kappa shape index (κ1) is 16.9. The van der Waals surface area contributed by atoms with E-state index in [1.54, 1.807) is 18.3 Å². The van der Waals surface area contributed by atoms with Crippen LogP contribution in [0.1, 0.15) is 12.6 Å². The molecule has 3 aromatic rings. The maximum absolute atomic E-state index is 13.1. The molecule has 0 aliphatic carbocycles. The number of rotatable bonds is 5. The van der Waals surface area contributed by atoms with Crippen LogP contribution in [0.25, 0.3) is 5.65 Å². The van der Waals surface area contributed by atoms with Gasteiger partial charge in [0.15, 0.2) is 11.5 Å². The van der Waals surface area contributed by atoms with Crippen LogP contribution in [0, 0.1) is 0 Å². The number of nitrogens with zero attached hydrogens (tertiary/aromatic N) is 3. The average Bonchev–Trinajstić information content (AvgIpc) is 3.08. The molecule has 0 spiro atoms. The molecule has 0 saturated heterocycles. The Morgan fingerprint density at radius 3 is 2.77 bits per heavy atom. The minimum atomic E-state index is -3.67. The lowest BCUT2D eigenvalue weighted by molar-refractivity contribution is 0.171. The van der Waals surface area contributed by atoms with Crippen molar-refractivity contribution in [1.29, 1.82) is 0 Å². The highest BCUT2D eigenvalue weighted by molar-refractivity contribution is 7.89. The van der Waals surface area contributed by atoms with E-state index in [0.29, 0.717) is 31.3 Å². The number of imidazole rings is 1. The quantitative estimate of drug-likeness (QED) is 0.686. The molecule has 3 heterocycles. The van der Waals surface area contributed by atoms with Crippen LogP contribution in [0.3, 0.4) is 0 Å². The smallest absolute Gasteiger partial charge is 0.243 e. The second-order valence-electron chi connectivity index (χ2n) is 5.92. The largest absolute Gasteiger partial charge is 0.486 e. The number of hydrogen-bond acceptors (Lipinski definition) is 5. The normalized spacial score (nSPS) is 14.1. The molecule has 0 radical (unpaired) electrons. The fourth-order valence-electron chi connectivity index (χ4n) is 2.98. The topological polar surface area (TPSA) is 73.1 Å². The Balaban J connectivity index is 1.67. The molecule has 0 saturated carbocycles. The fraction of sp³-hybridized carbons (Fsp3) is 0.278. The molecule has 0 atom stereocenters. The molecule has 8 heteroatoms. The summed E-state index contributed by atoms with van der Waals surface area (Å²) in [6.45, 7) is 3.28. The van der Waals surface area contributed by atoms with E-state index in [1.165, 1.54) is 10.4 Å². The fourth-order valence-corrected chi connectivity index (χ4v) is 4.42. The summed E-state index contributed by atoms with van der Waals surface area (Å²) in [5, 5.41) is 0. The van der Waals surface area contributed by atoms with E-state index in [9.17, 15) is 8.42 Å². The maximum Gasteiger partial charge on any atom is 0.243 e. The van der Waals surface area contributed by atoms with Crippen molar-refractivity contribution in [3.63, 3.8) is 0 Å². The predicted octanol–water partition coefficient (Wildman–Crippen LogP) is 2.32. The highest BCUT2D eigenvalue weighted by atomic mass is 32.2. The minimum Gasteiger partial charge on any atom is -0.486 e. The van der Waals surface area contributed by atoms with Gasteiger partial charge in [0.2, 0.25) is 10.0 Å². The van der Waals surface area contributed by atoms with E-state index in [-0.39, 0.29) is 11.4 Å². The second-order valence-corrected chi connectivity index (χ2v) is 7.85. The van der Waals surface area contributed by atoms with Crippen molar-refractivity contribution in [3.8, 4) is 11.5 Å². The van der Waals surface area contributed by atoms with Gasteiger partial charge in [0, 0.05) is 18.8 Å². The molecule has 0 fully saturated rings. The lowest BCUT2D eigenvalue weighted by Crippen LogP contribution is -2.31. The Morgan fingerprint density at radius 1 is 1.15 bits per heavy atom. The Bertz CT molecular complexity index is 1050. The Kier molecular flexibility index (Phi) is 4.29. The number of hydrogen-bond donors (Lipinski definition) is 0. The highest BCUT2D eigenvalue weighted by Crippen LogP contribution is 2.33. The molecule has 1 aromatic carbocycles. The third-order valence-electron chi connectivity index (χ3n) is 4.34. The van der Waals surface area contributed by atoms with Crippen LogP contribution in [0.5, 0.6) is 11.5 Å². The van der Waals surface area contributed by atoms with Crippen molar-refractivity contribution >= 4 is 15.7 Å². The summed E-state index contributed by atoms with van der Waals surface area (Å²) in [5.74, 6) is 1.03. The third kappa shape index (κ3) is 2.91. The predicted molar refractivity (Wildman–Crippen MR) is 95.9 cm³/mol. The lowest BCUT2D eigenvalue weighted by Gasteiger charge is -2.22. The zero-order chi connectivity index (χ0) is 18.1. The van der Waals surface area contributed by atoms with E-state index in [0.717, 1.165) is 11.3 Å². The van der Waals surface area contributed by atoms with Gasteiger partial charge in [-0.1, -0.05) is 13.0 Å². The van der Waals surface area contributed by atoms with Gasteiger partial charge < -0.3 is 13.9 Å². The van der Waals surface area contributed by atoms with E-state index in [1.807, 2.05) is 35.7 Å². The van der Waals surface area contributed by atoms with Crippen LogP contribution in [-0.4, -0.2) is 41.9 Å². The molecule has 0 bridgehead atoms. The molecule has 0 N–H and O–H groups in total. The van der Waals surface area contributed by atoms with Crippen LogP contribution in [0.15, 0.2) is 53.7 Å². The zero-order valence-electron chi connectivity index (χ0n) is 14.3. The summed E-state index contributed by atoms with van der Waals surface area (Å²) in [7, 11) is -3.67. The molecule has 1 aliphatic heterocycles. The first-order valence-electron chi connectivity index (χ1n) is 8.40. The summed E-state index contributed by atoms with van der Waals surface area (Å²) >= 11 is 0. The number of fused-ring (bicyclic) bond motifs is 2. The van der Waals surface area contributed by atoms with Gasteiger partial charge in [-0.2, -0.15) is 4.31 Å². The van der Waals surface area contributed by atoms with Gasteiger partial charge >= 0.3 is 0 Å². The number of pyridine rings is 1. The summed E-state index contributed by atoms with van der Waals surface area (Å²) in [5.41, 5.74) is 1.60. The molecule has 26 heavy (non-hydrogen) atoms. The van der Waals surface area contributed by atoms with Crippen molar-refractivity contribution in [2.75, 3.05) is 19.8 Å². The van der Waals surface area contributed by atoms with Crippen LogP contribution >= 0.6 is 0 Å². The Hall–Kier alpha value is -2.58. The van der Waals surface area contributed by atoms with Gasteiger partial charge in [0.25, 0.3) is 0 Å². The first-order valence-corrected chi connectivity index (χ1v) is 9.84. The molecule has 136 valence electrons. The molecular formula is C18H19N3O4S. The van der Waals surface area contributed by atoms with E-state index in [2.05, 4.69) is 4.98 Å². The van der Waals surface area contributed by atoms with E-state index < -0.39 is 10.0 Å². The van der Waals surface area contributed by atoms with Crippen molar-refractivity contribution in [2.24, 2.45) is 0 Å². The SMILES string of the molecule is CCN(Cc1cnc2ccccn12)S(=O)(=O)c1ccc2c(c1)OCCO2. The third-order valence-corrected chi connectivity index (χ3v) is 6.25. The van der Waals surface area contributed by atoms with E-state index in [4.69, 9.17) is 9.47 Å². The monoisotopic (exact) mass is 373 g/mol. The average molecular weight is 373 g/mol. The van der Waals surface area contributed by atoms with Crippen molar-refractivity contribution in [1.82, 2.24) is 13.7 Å². The van der Waals surface area contributed by atoms with Crippen molar-refractivity contribution < 1.29 is 17.9 Å². The Labute approximate surface area is 151 Å². The Morgan fingerprint density at radius 2 is 1.96 bits per heavy atom. The standard InChI is InChI=1S/C18H19N3O4S/c1-2-20(13-14-12-19-18-5-3-4-8-21(14)18)26(22,23)15-6-7-16-17(11-15)25-10-9-24-16/h3-8,11-12H,2,9-10,13H2,1H3. The summed E-state index contributed by atoms with van der Waals surface area (Å²) < 4.78 is 40.5. The van der Waals surface area contributed by atoms with Crippen molar-refractivity contribution in [3.05, 3.63) is 54.5 Å². The number of aromatic nitrogens is 2. The van der Waals surface area contributed by atoms with Crippen LogP contribution in [-0.2, 0) is 16.6 Å². The molecular weight excluding hydrogens is 354 g/mol. The molecule has 0 unspecified atom stereocenters. The summed E-state index contributed by atoms with van der Waals surface area (Å²) in [6, 6.07) is 10.4. The number of ether oxygens (including phenoxy) is 2. The van der Waals surface area contributed by atoms with Gasteiger partial charge in [0.1, 0.15) is 18.9 Å². The second kappa shape index (κ2) is 6.62. The molecule has 2 aromatic heterocycles. The van der Waals surface area contributed by atoms with Crippen LogP contribution < -0.4 is 9.47 Å². The summed E-state index contributed by atoms with van der Waals surface area (Å²) in [6.07, 6.45) is 3.58. The molecule has 1 aliphatic rings. The van der Waals surface area contributed by atoms with Crippen LogP contribution in [0.4, 0.5) is 0 Å². The zero-order valence-corrected chi connectivity index (χ0v) is 15.1. The van der Waals surface area contributed by atoms with Gasteiger partial charge in [-0.15, -0.1) is 0 Å². The number of sulfonamides is 1. The highest BCUT2D eigenvalue weighted by Gasteiger charge is 2.26. The first-order chi connectivity index (χ1) is 12.6. The lowest BCUT2D eigenvalue weighted by atomic mass is 10.3. The minimum absolute atomic E-state index is 0.192.